The van der Waals surface area contributed by atoms with Crippen LogP contribution in [-0.2, 0) is 16.0 Å². The molecule has 0 aromatic heterocycles. The Bertz CT molecular complexity index is 497. The van der Waals surface area contributed by atoms with Crippen molar-refractivity contribution >= 4 is 11.8 Å². The fourth-order valence-electron chi connectivity index (χ4n) is 2.42. The highest BCUT2D eigenvalue weighted by molar-refractivity contribution is 5.81. The van der Waals surface area contributed by atoms with Crippen molar-refractivity contribution in [3.8, 4) is 0 Å². The number of hydrogen-bond acceptors (Lipinski definition) is 3. The predicted octanol–water partition coefficient (Wildman–Crippen LogP) is 2.48. The monoisotopic (exact) mass is 319 g/mol. The number of nitrogens with one attached hydrogen (secondary N) is 3. The zero-order valence-electron chi connectivity index (χ0n) is 14.6. The van der Waals surface area contributed by atoms with Gasteiger partial charge in [0.15, 0.2) is 0 Å². The molecule has 0 fully saturated rings. The van der Waals surface area contributed by atoms with Crippen LogP contribution in [0.25, 0.3) is 0 Å². The van der Waals surface area contributed by atoms with E-state index in [0.717, 1.165) is 6.42 Å². The van der Waals surface area contributed by atoms with Gasteiger partial charge in [-0.05, 0) is 29.9 Å². The molecule has 0 heterocycles. The van der Waals surface area contributed by atoms with Crippen molar-refractivity contribution in [1.82, 2.24) is 16.2 Å². The molecule has 0 spiro atoms. The third-order valence-corrected chi connectivity index (χ3v) is 3.68. The lowest BCUT2D eigenvalue weighted by atomic mass is 9.94. The maximum atomic E-state index is 11.7. The number of hydrazine groups is 1. The van der Waals surface area contributed by atoms with Crippen LogP contribution >= 0.6 is 0 Å². The molecular formula is C18H29N3O2. The van der Waals surface area contributed by atoms with Gasteiger partial charge in [0.25, 0.3) is 5.91 Å². The highest BCUT2D eigenvalue weighted by Crippen LogP contribution is 2.22. The van der Waals surface area contributed by atoms with Crippen LogP contribution in [-0.4, -0.2) is 18.4 Å². The van der Waals surface area contributed by atoms with Gasteiger partial charge in [-0.15, -0.1) is 0 Å². The number of rotatable bonds is 8. The van der Waals surface area contributed by atoms with Crippen LogP contribution in [0.5, 0.6) is 0 Å². The molecule has 0 radical (unpaired) electrons. The van der Waals surface area contributed by atoms with Gasteiger partial charge in [0.1, 0.15) is 0 Å². The second-order valence-electron chi connectivity index (χ2n) is 6.18. The number of amides is 2. The van der Waals surface area contributed by atoms with E-state index in [4.69, 9.17) is 0 Å². The quantitative estimate of drug-likeness (QED) is 0.645. The Labute approximate surface area is 139 Å². The Morgan fingerprint density at radius 2 is 1.74 bits per heavy atom. The summed E-state index contributed by atoms with van der Waals surface area (Å²) in [6.07, 6.45) is 3.51. The van der Waals surface area contributed by atoms with Gasteiger partial charge in [0.05, 0.1) is 6.54 Å². The normalized spacial score (nSPS) is 12.0. The fraction of sp³-hybridized carbons (Fsp3) is 0.556. The summed E-state index contributed by atoms with van der Waals surface area (Å²) in [5, 5.41) is 3.26. The fourth-order valence-corrected chi connectivity index (χ4v) is 2.42. The van der Waals surface area contributed by atoms with Crippen molar-refractivity contribution in [3.63, 3.8) is 0 Å². The van der Waals surface area contributed by atoms with Crippen molar-refractivity contribution in [2.75, 3.05) is 6.54 Å². The first kappa shape index (κ1) is 19.2. The van der Waals surface area contributed by atoms with E-state index >= 15 is 0 Å². The number of aryl methyl sites for hydroxylation is 1. The molecule has 0 aliphatic heterocycles. The summed E-state index contributed by atoms with van der Waals surface area (Å²) >= 11 is 0. The standard InChI is InChI=1S/C18H29N3O2/c1-5-6-7-15-8-10-16(11-9-15)18(13(2)3)19-12-17(23)21-20-14(4)22/h8-11,13,18-19H,5-7,12H2,1-4H3,(H,20,22)(H,21,23)/t18-/m0/s1. The topological polar surface area (TPSA) is 70.2 Å². The van der Waals surface area contributed by atoms with Crippen LogP contribution in [0.3, 0.4) is 0 Å². The smallest absolute Gasteiger partial charge is 0.252 e. The third kappa shape index (κ3) is 7.28. The van der Waals surface area contributed by atoms with Gasteiger partial charge in [-0.1, -0.05) is 51.5 Å². The molecule has 0 aliphatic rings. The molecule has 3 N–H and O–H groups in total. The highest BCUT2D eigenvalue weighted by Gasteiger charge is 2.16. The first-order chi connectivity index (χ1) is 10.9. The van der Waals surface area contributed by atoms with E-state index in [1.807, 2.05) is 0 Å². The summed E-state index contributed by atoms with van der Waals surface area (Å²) in [7, 11) is 0. The molecule has 1 rings (SSSR count). The third-order valence-electron chi connectivity index (χ3n) is 3.68. The number of benzene rings is 1. The highest BCUT2D eigenvalue weighted by atomic mass is 16.2. The Kier molecular flexibility index (Phi) is 8.33. The summed E-state index contributed by atoms with van der Waals surface area (Å²) < 4.78 is 0. The molecule has 1 aromatic rings. The Hall–Kier alpha value is -1.88. The lowest BCUT2D eigenvalue weighted by molar-refractivity contribution is -0.127. The Balaban J connectivity index is 2.60. The molecular weight excluding hydrogens is 290 g/mol. The van der Waals surface area contributed by atoms with Gasteiger partial charge >= 0.3 is 0 Å². The SMILES string of the molecule is CCCCc1ccc([C@@H](NCC(=O)NNC(C)=O)C(C)C)cc1. The summed E-state index contributed by atoms with van der Waals surface area (Å²) in [5.74, 6) is -0.197. The molecule has 5 heteroatoms. The van der Waals surface area contributed by atoms with Gasteiger partial charge in [-0.2, -0.15) is 0 Å². The minimum Gasteiger partial charge on any atom is -0.301 e. The van der Waals surface area contributed by atoms with Crippen molar-refractivity contribution in [2.45, 2.75) is 53.0 Å². The van der Waals surface area contributed by atoms with E-state index in [0.29, 0.717) is 5.92 Å². The minimum atomic E-state index is -0.290. The first-order valence-electron chi connectivity index (χ1n) is 8.31. The molecule has 5 nitrogen and oxygen atoms in total. The summed E-state index contributed by atoms with van der Waals surface area (Å²) in [6, 6.07) is 8.69. The molecule has 0 saturated heterocycles. The number of hydrogen-bond donors (Lipinski definition) is 3. The van der Waals surface area contributed by atoms with E-state index in [9.17, 15) is 9.59 Å². The number of carbonyl (C=O) groups is 2. The lowest BCUT2D eigenvalue weighted by Crippen LogP contribution is -2.45. The Morgan fingerprint density at radius 3 is 2.26 bits per heavy atom. The van der Waals surface area contributed by atoms with Gasteiger partial charge in [-0.25, -0.2) is 0 Å². The molecule has 0 saturated carbocycles. The van der Waals surface area contributed by atoms with Crippen LogP contribution in [0.15, 0.2) is 24.3 Å². The van der Waals surface area contributed by atoms with Crippen LogP contribution in [0.4, 0.5) is 0 Å². The molecule has 0 aliphatic carbocycles. The average Bonchev–Trinajstić information content (AvgIpc) is 2.52. The lowest BCUT2D eigenvalue weighted by Gasteiger charge is -2.23. The summed E-state index contributed by atoms with van der Waals surface area (Å²) in [6.45, 7) is 7.94. The van der Waals surface area contributed by atoms with Crippen molar-refractivity contribution in [3.05, 3.63) is 35.4 Å². The van der Waals surface area contributed by atoms with Gasteiger partial charge in [0.2, 0.25) is 5.91 Å². The average molecular weight is 319 g/mol. The van der Waals surface area contributed by atoms with E-state index in [2.05, 4.69) is 61.2 Å². The molecule has 1 aromatic carbocycles. The maximum absolute atomic E-state index is 11.7. The predicted molar refractivity (Wildman–Crippen MR) is 92.6 cm³/mol. The number of carbonyl (C=O) groups excluding carboxylic acids is 2. The first-order valence-corrected chi connectivity index (χ1v) is 8.31. The van der Waals surface area contributed by atoms with Crippen molar-refractivity contribution in [2.24, 2.45) is 5.92 Å². The molecule has 0 unspecified atom stereocenters. The summed E-state index contributed by atoms with van der Waals surface area (Å²) in [4.78, 5) is 22.5. The number of unbranched alkanes of at least 4 members (excludes halogenated alkanes) is 1. The molecule has 0 bridgehead atoms. The largest absolute Gasteiger partial charge is 0.301 e. The van der Waals surface area contributed by atoms with Crippen molar-refractivity contribution in [1.29, 1.82) is 0 Å². The van der Waals surface area contributed by atoms with E-state index < -0.39 is 0 Å². The minimum absolute atomic E-state index is 0.0957. The van der Waals surface area contributed by atoms with Crippen LogP contribution < -0.4 is 16.2 Å². The zero-order valence-corrected chi connectivity index (χ0v) is 14.6. The second-order valence-corrected chi connectivity index (χ2v) is 6.18. The van der Waals surface area contributed by atoms with E-state index in [-0.39, 0.29) is 24.4 Å². The van der Waals surface area contributed by atoms with Crippen molar-refractivity contribution < 1.29 is 9.59 Å². The zero-order chi connectivity index (χ0) is 17.2. The van der Waals surface area contributed by atoms with Crippen LogP contribution in [0.1, 0.15) is 57.7 Å². The Morgan fingerprint density at radius 1 is 1.09 bits per heavy atom. The maximum Gasteiger partial charge on any atom is 0.252 e. The van der Waals surface area contributed by atoms with E-state index in [1.54, 1.807) is 0 Å². The van der Waals surface area contributed by atoms with Crippen LogP contribution in [0.2, 0.25) is 0 Å². The summed E-state index contributed by atoms with van der Waals surface area (Å²) in [5.41, 5.74) is 7.17. The molecule has 128 valence electrons. The van der Waals surface area contributed by atoms with Gasteiger partial charge < -0.3 is 5.32 Å². The molecule has 23 heavy (non-hydrogen) atoms. The van der Waals surface area contributed by atoms with Gasteiger partial charge in [-0.3, -0.25) is 20.4 Å². The second kappa shape index (κ2) is 10.0. The molecule has 1 atom stereocenters. The van der Waals surface area contributed by atoms with E-state index in [1.165, 1.54) is 30.9 Å². The van der Waals surface area contributed by atoms with Crippen LogP contribution in [0, 0.1) is 5.92 Å². The molecule has 2 amide bonds. The van der Waals surface area contributed by atoms with Gasteiger partial charge in [0, 0.05) is 13.0 Å².